The fraction of sp³-hybridized carbons (Fsp3) is 0.0769. The lowest BCUT2D eigenvalue weighted by Crippen LogP contribution is -2.28. The third kappa shape index (κ3) is 2.31. The van der Waals surface area contributed by atoms with Crippen LogP contribution < -0.4 is 4.18 Å². The summed E-state index contributed by atoms with van der Waals surface area (Å²) < 4.78 is 62.9. The zero-order chi connectivity index (χ0) is 15.3. The van der Waals surface area contributed by atoms with Crippen molar-refractivity contribution in [3.8, 4) is 5.75 Å². The van der Waals surface area contributed by atoms with Crippen LogP contribution in [0.25, 0.3) is 21.8 Å². The number of aromatic amines is 1. The van der Waals surface area contributed by atoms with Crippen LogP contribution in [0.15, 0.2) is 42.5 Å². The number of halogens is 3. The molecule has 0 amide bonds. The van der Waals surface area contributed by atoms with E-state index < -0.39 is 21.4 Å². The van der Waals surface area contributed by atoms with Crippen molar-refractivity contribution in [3.63, 3.8) is 0 Å². The van der Waals surface area contributed by atoms with E-state index in [9.17, 15) is 21.6 Å². The second-order valence-corrected chi connectivity index (χ2v) is 5.90. The van der Waals surface area contributed by atoms with Gasteiger partial charge in [-0.25, -0.2) is 0 Å². The lowest BCUT2D eigenvalue weighted by atomic mass is 10.1. The van der Waals surface area contributed by atoms with Gasteiger partial charge in [0.25, 0.3) is 0 Å². The number of hydrogen-bond acceptors (Lipinski definition) is 3. The van der Waals surface area contributed by atoms with E-state index in [1.807, 2.05) is 24.3 Å². The van der Waals surface area contributed by atoms with E-state index in [2.05, 4.69) is 9.17 Å². The monoisotopic (exact) mass is 315 g/mol. The van der Waals surface area contributed by atoms with E-state index in [0.717, 1.165) is 16.3 Å². The van der Waals surface area contributed by atoms with Gasteiger partial charge in [0.05, 0.1) is 5.52 Å². The lowest BCUT2D eigenvalue weighted by molar-refractivity contribution is -0.0500. The van der Waals surface area contributed by atoms with Crippen molar-refractivity contribution in [2.75, 3.05) is 0 Å². The van der Waals surface area contributed by atoms with Crippen molar-refractivity contribution >= 4 is 31.9 Å². The summed E-state index contributed by atoms with van der Waals surface area (Å²) in [5.74, 6) is -0.397. The summed E-state index contributed by atoms with van der Waals surface area (Å²) in [4.78, 5) is 2.99. The van der Waals surface area contributed by atoms with E-state index in [0.29, 0.717) is 5.52 Å². The molecule has 0 atom stereocenters. The Morgan fingerprint density at radius 1 is 0.952 bits per heavy atom. The van der Waals surface area contributed by atoms with Gasteiger partial charge in [-0.15, -0.1) is 0 Å². The summed E-state index contributed by atoms with van der Waals surface area (Å²) in [5, 5.41) is 1.65. The quantitative estimate of drug-likeness (QED) is 0.581. The molecule has 1 aromatic heterocycles. The molecule has 8 heteroatoms. The maximum atomic E-state index is 12.3. The highest BCUT2D eigenvalue weighted by atomic mass is 32.2. The normalized spacial score (nSPS) is 12.9. The van der Waals surface area contributed by atoms with Crippen LogP contribution in [-0.4, -0.2) is 18.9 Å². The molecule has 4 nitrogen and oxygen atoms in total. The number of hydrogen-bond donors (Lipinski definition) is 1. The number of alkyl halides is 3. The lowest BCUT2D eigenvalue weighted by Gasteiger charge is -2.09. The molecule has 3 aromatic rings. The van der Waals surface area contributed by atoms with E-state index in [1.165, 1.54) is 18.2 Å². The fourth-order valence-corrected chi connectivity index (χ4v) is 2.51. The molecule has 1 heterocycles. The Labute approximate surface area is 117 Å². The number of para-hydroxylation sites is 1. The van der Waals surface area contributed by atoms with Gasteiger partial charge in [-0.1, -0.05) is 18.2 Å². The molecule has 0 radical (unpaired) electrons. The van der Waals surface area contributed by atoms with Gasteiger partial charge < -0.3 is 9.17 Å². The highest BCUT2D eigenvalue weighted by Crippen LogP contribution is 2.31. The Hall–Kier alpha value is -2.22. The van der Waals surface area contributed by atoms with Gasteiger partial charge in [-0.3, -0.25) is 0 Å². The van der Waals surface area contributed by atoms with Crippen molar-refractivity contribution in [2.24, 2.45) is 0 Å². The third-order valence-electron chi connectivity index (χ3n) is 2.97. The Bertz CT molecular complexity index is 929. The summed E-state index contributed by atoms with van der Waals surface area (Å²) in [6.07, 6.45) is 0. The predicted octanol–water partition coefficient (Wildman–Crippen LogP) is 3.55. The van der Waals surface area contributed by atoms with Crippen molar-refractivity contribution in [1.82, 2.24) is 4.98 Å². The van der Waals surface area contributed by atoms with Gasteiger partial charge in [0.15, 0.2) is 0 Å². The van der Waals surface area contributed by atoms with E-state index in [1.54, 1.807) is 0 Å². The second-order valence-electron chi connectivity index (χ2n) is 4.36. The van der Waals surface area contributed by atoms with Gasteiger partial charge in [0.1, 0.15) is 5.75 Å². The topological polar surface area (TPSA) is 59.2 Å². The minimum Gasteiger partial charge on any atom is -0.376 e. The molecule has 1 N–H and O–H groups in total. The number of rotatable bonds is 2. The average Bonchev–Trinajstić information content (AvgIpc) is 2.74. The van der Waals surface area contributed by atoms with Crippen molar-refractivity contribution in [3.05, 3.63) is 42.5 Å². The standard InChI is InChI=1S/C13H8F3NO3S/c14-13(15,16)21(18,19)20-8-5-6-10-9-3-1-2-4-11(9)17-12(10)7-8/h1-7,17H. The van der Waals surface area contributed by atoms with Crippen LogP contribution in [0.2, 0.25) is 0 Å². The Morgan fingerprint density at radius 2 is 1.62 bits per heavy atom. The zero-order valence-electron chi connectivity index (χ0n) is 10.3. The summed E-state index contributed by atoms with van der Waals surface area (Å²) in [6, 6.07) is 11.2. The Kier molecular flexibility index (Phi) is 2.87. The molecule has 110 valence electrons. The molecule has 0 aliphatic heterocycles. The van der Waals surface area contributed by atoms with Crippen LogP contribution in [0.5, 0.6) is 5.75 Å². The molecule has 0 unspecified atom stereocenters. The van der Waals surface area contributed by atoms with E-state index >= 15 is 0 Å². The molecule has 0 fully saturated rings. The first-order valence-electron chi connectivity index (χ1n) is 5.79. The first kappa shape index (κ1) is 13.7. The average molecular weight is 315 g/mol. The van der Waals surface area contributed by atoms with E-state index in [-0.39, 0.29) is 0 Å². The molecule has 0 bridgehead atoms. The minimum absolute atomic E-state index is 0.397. The number of benzene rings is 2. The number of nitrogens with one attached hydrogen (secondary N) is 1. The highest BCUT2D eigenvalue weighted by Gasteiger charge is 2.48. The van der Waals surface area contributed by atoms with Gasteiger partial charge in [0, 0.05) is 22.4 Å². The van der Waals surface area contributed by atoms with Gasteiger partial charge in [0.2, 0.25) is 0 Å². The number of H-pyrrole nitrogens is 1. The van der Waals surface area contributed by atoms with Gasteiger partial charge in [-0.05, 0) is 18.2 Å². The summed E-state index contributed by atoms with van der Waals surface area (Å²) in [7, 11) is -5.66. The summed E-state index contributed by atoms with van der Waals surface area (Å²) >= 11 is 0. The molecule has 0 aliphatic rings. The molecular formula is C13H8F3NO3S. The SMILES string of the molecule is O=S(=O)(Oc1ccc2c(c1)[nH]c1ccccc12)C(F)(F)F. The molecule has 0 saturated heterocycles. The van der Waals surface area contributed by atoms with Crippen molar-refractivity contribution in [1.29, 1.82) is 0 Å². The predicted molar refractivity (Wildman–Crippen MR) is 71.4 cm³/mol. The molecule has 0 aliphatic carbocycles. The van der Waals surface area contributed by atoms with Crippen LogP contribution in [0, 0.1) is 0 Å². The minimum atomic E-state index is -5.66. The Balaban J connectivity index is 2.08. The third-order valence-corrected chi connectivity index (χ3v) is 3.95. The van der Waals surface area contributed by atoms with Crippen molar-refractivity contribution in [2.45, 2.75) is 5.51 Å². The molecule has 0 spiro atoms. The summed E-state index contributed by atoms with van der Waals surface area (Å²) in [6.45, 7) is 0. The first-order valence-corrected chi connectivity index (χ1v) is 7.20. The van der Waals surface area contributed by atoms with Crippen LogP contribution in [0.1, 0.15) is 0 Å². The molecule has 2 aromatic carbocycles. The first-order chi connectivity index (χ1) is 9.78. The fourth-order valence-electron chi connectivity index (χ4n) is 2.06. The zero-order valence-corrected chi connectivity index (χ0v) is 11.1. The van der Waals surface area contributed by atoms with Crippen molar-refractivity contribution < 1.29 is 25.8 Å². The smallest absolute Gasteiger partial charge is 0.376 e. The Morgan fingerprint density at radius 3 is 2.33 bits per heavy atom. The largest absolute Gasteiger partial charge is 0.534 e. The molecule has 0 saturated carbocycles. The maximum absolute atomic E-state index is 12.3. The molecule has 21 heavy (non-hydrogen) atoms. The van der Waals surface area contributed by atoms with Crippen LogP contribution in [0.4, 0.5) is 13.2 Å². The van der Waals surface area contributed by atoms with Gasteiger partial charge >= 0.3 is 15.6 Å². The molecule has 3 rings (SSSR count). The second kappa shape index (κ2) is 4.39. The van der Waals surface area contributed by atoms with Crippen LogP contribution >= 0.6 is 0 Å². The van der Waals surface area contributed by atoms with E-state index in [4.69, 9.17) is 0 Å². The molecular weight excluding hydrogens is 307 g/mol. The van der Waals surface area contributed by atoms with Crippen LogP contribution in [0.3, 0.4) is 0 Å². The number of fused-ring (bicyclic) bond motifs is 3. The highest BCUT2D eigenvalue weighted by molar-refractivity contribution is 7.88. The summed E-state index contributed by atoms with van der Waals surface area (Å²) in [5.41, 5.74) is -4.17. The van der Waals surface area contributed by atoms with Gasteiger partial charge in [-0.2, -0.15) is 21.6 Å². The van der Waals surface area contributed by atoms with Crippen LogP contribution in [-0.2, 0) is 10.1 Å². The maximum Gasteiger partial charge on any atom is 0.534 e. The number of aromatic nitrogens is 1.